The molecule has 1 aromatic carbocycles. The molecule has 134 valence electrons. The van der Waals surface area contributed by atoms with E-state index in [1.54, 1.807) is 13.3 Å². The van der Waals surface area contributed by atoms with Gasteiger partial charge in [-0.1, -0.05) is 23.7 Å². The molecule has 6 heteroatoms. The summed E-state index contributed by atoms with van der Waals surface area (Å²) in [5.74, 6) is 2.37. The molecule has 2 saturated heterocycles. The van der Waals surface area contributed by atoms with E-state index in [-0.39, 0.29) is 0 Å². The lowest BCUT2D eigenvalue weighted by atomic mass is 9.89. The number of fused-ring (bicyclic) bond motifs is 1. The first-order valence-electron chi connectivity index (χ1n) is 8.88. The Morgan fingerprint density at radius 1 is 1.16 bits per heavy atom. The topological polar surface area (TPSA) is 33.5 Å². The molecule has 0 amide bonds. The van der Waals surface area contributed by atoms with Crippen LogP contribution in [0.4, 0.5) is 0 Å². The molecule has 0 radical (unpaired) electrons. The molecule has 2 aromatic rings. The number of nitrogens with zero attached hydrogens (tertiary/aromatic N) is 4. The minimum Gasteiger partial charge on any atom is -0.497 e. The van der Waals surface area contributed by atoms with E-state index in [9.17, 15) is 0 Å². The quantitative estimate of drug-likeness (QED) is 0.821. The Kier molecular flexibility index (Phi) is 4.71. The number of benzene rings is 1. The Balaban J connectivity index is 1.41. The van der Waals surface area contributed by atoms with Gasteiger partial charge in [0.05, 0.1) is 24.9 Å². The fourth-order valence-corrected chi connectivity index (χ4v) is 4.70. The lowest BCUT2D eigenvalue weighted by molar-refractivity contribution is 0.223. The average molecular weight is 361 g/mol. The maximum absolute atomic E-state index is 5.95. The highest BCUT2D eigenvalue weighted by Gasteiger charge is 2.45. The van der Waals surface area contributed by atoms with Gasteiger partial charge in [-0.3, -0.25) is 9.58 Å². The summed E-state index contributed by atoms with van der Waals surface area (Å²) < 4.78 is 7.23. The van der Waals surface area contributed by atoms with Crippen LogP contribution in [-0.2, 0) is 6.54 Å². The molecule has 3 heterocycles. The summed E-state index contributed by atoms with van der Waals surface area (Å²) in [7, 11) is 3.97. The van der Waals surface area contributed by atoms with Crippen molar-refractivity contribution in [3.05, 3.63) is 47.2 Å². The summed E-state index contributed by atoms with van der Waals surface area (Å²) >= 11 is 5.95. The Bertz CT molecular complexity index is 716. The summed E-state index contributed by atoms with van der Waals surface area (Å²) in [4.78, 5) is 5.09. The number of aromatic nitrogens is 2. The van der Waals surface area contributed by atoms with Crippen LogP contribution in [0.5, 0.6) is 5.75 Å². The number of hydrogen-bond donors (Lipinski definition) is 0. The first kappa shape index (κ1) is 16.9. The fourth-order valence-electron chi connectivity index (χ4n) is 4.54. The van der Waals surface area contributed by atoms with Crippen molar-refractivity contribution in [1.82, 2.24) is 19.6 Å². The Morgan fingerprint density at radius 2 is 1.96 bits per heavy atom. The number of likely N-dealkylation sites (tertiary alicyclic amines) is 2. The van der Waals surface area contributed by atoms with Crippen molar-refractivity contribution in [3.8, 4) is 5.75 Å². The zero-order chi connectivity index (χ0) is 17.4. The first-order valence-corrected chi connectivity index (χ1v) is 9.26. The third-order valence-corrected chi connectivity index (χ3v) is 5.87. The van der Waals surface area contributed by atoms with Crippen LogP contribution in [0.15, 0.2) is 36.7 Å². The van der Waals surface area contributed by atoms with Gasteiger partial charge in [-0.05, 0) is 36.6 Å². The molecule has 4 rings (SSSR count). The second-order valence-electron chi connectivity index (χ2n) is 7.26. The molecule has 0 spiro atoms. The molecule has 0 unspecified atom stereocenters. The summed E-state index contributed by atoms with van der Waals surface area (Å²) in [6, 6.07) is 9.09. The van der Waals surface area contributed by atoms with Gasteiger partial charge in [0.25, 0.3) is 0 Å². The molecule has 1 aromatic heterocycles. The van der Waals surface area contributed by atoms with Crippen molar-refractivity contribution < 1.29 is 4.74 Å². The van der Waals surface area contributed by atoms with E-state index in [1.807, 2.05) is 10.9 Å². The van der Waals surface area contributed by atoms with Crippen molar-refractivity contribution in [2.24, 2.45) is 11.8 Å². The van der Waals surface area contributed by atoms with Crippen molar-refractivity contribution >= 4 is 11.6 Å². The van der Waals surface area contributed by atoms with Crippen LogP contribution in [-0.4, -0.2) is 59.9 Å². The van der Waals surface area contributed by atoms with Crippen LogP contribution in [0.1, 0.15) is 11.6 Å². The van der Waals surface area contributed by atoms with E-state index in [1.165, 1.54) is 18.7 Å². The molecule has 2 aliphatic heterocycles. The van der Waals surface area contributed by atoms with Crippen LogP contribution in [0, 0.1) is 11.8 Å². The summed E-state index contributed by atoms with van der Waals surface area (Å²) in [6.45, 7) is 5.43. The molecular weight excluding hydrogens is 336 g/mol. The van der Waals surface area contributed by atoms with Crippen molar-refractivity contribution in [3.63, 3.8) is 0 Å². The van der Waals surface area contributed by atoms with Gasteiger partial charge in [-0.15, -0.1) is 0 Å². The molecule has 2 fully saturated rings. The lowest BCUT2D eigenvalue weighted by Gasteiger charge is -2.27. The van der Waals surface area contributed by atoms with Crippen molar-refractivity contribution in [1.29, 1.82) is 0 Å². The van der Waals surface area contributed by atoms with E-state index >= 15 is 0 Å². The molecule has 2 aliphatic rings. The third kappa shape index (κ3) is 3.41. The molecule has 0 bridgehead atoms. The predicted octanol–water partition coefficient (Wildman–Crippen LogP) is 2.78. The highest BCUT2D eigenvalue weighted by Crippen LogP contribution is 2.44. The van der Waals surface area contributed by atoms with Gasteiger partial charge in [0.2, 0.25) is 0 Å². The van der Waals surface area contributed by atoms with E-state index in [4.69, 9.17) is 16.3 Å². The molecule has 0 saturated carbocycles. The van der Waals surface area contributed by atoms with Gasteiger partial charge in [0.1, 0.15) is 5.75 Å². The summed E-state index contributed by atoms with van der Waals surface area (Å²) in [6.07, 6.45) is 3.60. The molecule has 3 atom stereocenters. The zero-order valence-corrected chi connectivity index (χ0v) is 15.6. The monoisotopic (exact) mass is 360 g/mol. The van der Waals surface area contributed by atoms with Crippen LogP contribution >= 0.6 is 11.6 Å². The first-order chi connectivity index (χ1) is 12.1. The van der Waals surface area contributed by atoms with Gasteiger partial charge in [-0.2, -0.15) is 5.10 Å². The average Bonchev–Trinajstić information content (AvgIpc) is 3.27. The molecule has 0 aliphatic carbocycles. The maximum atomic E-state index is 5.95. The Hall–Kier alpha value is -1.56. The van der Waals surface area contributed by atoms with Crippen LogP contribution in [0.25, 0.3) is 0 Å². The van der Waals surface area contributed by atoms with Gasteiger partial charge < -0.3 is 9.64 Å². The smallest absolute Gasteiger partial charge is 0.118 e. The lowest BCUT2D eigenvalue weighted by Crippen LogP contribution is -2.31. The van der Waals surface area contributed by atoms with Crippen molar-refractivity contribution in [2.75, 3.05) is 40.3 Å². The number of rotatable bonds is 5. The highest BCUT2D eigenvalue weighted by molar-refractivity contribution is 6.30. The van der Waals surface area contributed by atoms with Gasteiger partial charge >= 0.3 is 0 Å². The highest BCUT2D eigenvalue weighted by atomic mass is 35.5. The Labute approximate surface area is 154 Å². The largest absolute Gasteiger partial charge is 0.497 e. The predicted molar refractivity (Wildman–Crippen MR) is 99.0 cm³/mol. The minimum absolute atomic E-state index is 0.500. The van der Waals surface area contributed by atoms with Crippen LogP contribution in [0.3, 0.4) is 0 Å². The number of halogens is 1. The number of ether oxygens (including phenoxy) is 1. The molecule has 5 nitrogen and oxygen atoms in total. The number of methoxy groups -OCH3 is 1. The van der Waals surface area contributed by atoms with Gasteiger partial charge in [-0.25, -0.2) is 0 Å². The van der Waals surface area contributed by atoms with Gasteiger partial charge in [0, 0.05) is 38.4 Å². The molecule has 25 heavy (non-hydrogen) atoms. The fraction of sp³-hybridized carbons (Fsp3) is 0.526. The van der Waals surface area contributed by atoms with E-state index in [2.05, 4.69) is 46.2 Å². The van der Waals surface area contributed by atoms with Crippen LogP contribution in [0.2, 0.25) is 5.02 Å². The SMILES string of the molecule is COc1ccc([C@H]2[C@@H]3CN(CCn4cc(Cl)cn4)C[C@@H]3CN2C)cc1. The van der Waals surface area contributed by atoms with E-state index in [0.29, 0.717) is 17.0 Å². The van der Waals surface area contributed by atoms with E-state index in [0.717, 1.165) is 31.3 Å². The molecular formula is C19H25ClN4O. The standard InChI is InChI=1S/C19H25ClN4O/c1-22-10-15-11-23(7-8-24-12-16(20)9-21-24)13-18(15)19(22)14-3-5-17(25-2)6-4-14/h3-6,9,12,15,18-19H,7-8,10-11,13H2,1-2H3/t15-,18+,19-/m0/s1. The Morgan fingerprint density at radius 3 is 2.64 bits per heavy atom. The summed E-state index contributed by atoms with van der Waals surface area (Å²) in [5, 5.41) is 4.99. The van der Waals surface area contributed by atoms with E-state index < -0.39 is 0 Å². The zero-order valence-electron chi connectivity index (χ0n) is 14.8. The normalized spacial score (nSPS) is 26.9. The molecule has 0 N–H and O–H groups in total. The third-order valence-electron chi connectivity index (χ3n) is 5.67. The second-order valence-corrected chi connectivity index (χ2v) is 7.70. The summed E-state index contributed by atoms with van der Waals surface area (Å²) in [5.41, 5.74) is 1.40. The maximum Gasteiger partial charge on any atom is 0.118 e. The van der Waals surface area contributed by atoms with Gasteiger partial charge in [0.15, 0.2) is 0 Å². The minimum atomic E-state index is 0.500. The van der Waals surface area contributed by atoms with Crippen LogP contribution < -0.4 is 4.74 Å². The number of hydrogen-bond acceptors (Lipinski definition) is 4. The van der Waals surface area contributed by atoms with Crippen molar-refractivity contribution in [2.45, 2.75) is 12.6 Å². The second kappa shape index (κ2) is 6.98.